The second kappa shape index (κ2) is 4.31. The molecule has 0 bridgehead atoms. The molecule has 2 fully saturated rings. The standard InChI is InChI=1S/C12H19NO4/c1-2-4-12(16)11(5-3-8-17-9-11)6-7-13(12)10(14)15/h2,16H,1,3-9H2,(H,14,15). The van der Waals surface area contributed by atoms with Crippen LogP contribution in [0.2, 0.25) is 0 Å². The molecule has 0 aliphatic carbocycles. The third-order valence-corrected chi connectivity index (χ3v) is 4.09. The van der Waals surface area contributed by atoms with E-state index in [-0.39, 0.29) is 6.42 Å². The Kier molecular flexibility index (Phi) is 3.14. The van der Waals surface area contributed by atoms with Crippen LogP contribution in [0.15, 0.2) is 12.7 Å². The van der Waals surface area contributed by atoms with Crippen LogP contribution in [0.3, 0.4) is 0 Å². The molecule has 5 heteroatoms. The first-order chi connectivity index (χ1) is 8.06. The highest BCUT2D eigenvalue weighted by Gasteiger charge is 2.60. The van der Waals surface area contributed by atoms with Crippen molar-refractivity contribution in [2.24, 2.45) is 5.41 Å². The summed E-state index contributed by atoms with van der Waals surface area (Å²) >= 11 is 0. The molecular weight excluding hydrogens is 222 g/mol. The SMILES string of the molecule is C=CCC1(O)N(C(=O)O)CCC12CCCOC2. The lowest BCUT2D eigenvalue weighted by Crippen LogP contribution is -2.58. The van der Waals surface area contributed by atoms with E-state index in [1.54, 1.807) is 6.08 Å². The van der Waals surface area contributed by atoms with E-state index in [0.29, 0.717) is 26.2 Å². The molecule has 5 nitrogen and oxygen atoms in total. The van der Waals surface area contributed by atoms with Crippen molar-refractivity contribution in [3.05, 3.63) is 12.7 Å². The first kappa shape index (κ1) is 12.4. The Labute approximate surface area is 101 Å². The highest BCUT2D eigenvalue weighted by Crippen LogP contribution is 2.51. The van der Waals surface area contributed by atoms with Crippen LogP contribution in [-0.2, 0) is 4.74 Å². The van der Waals surface area contributed by atoms with Gasteiger partial charge in [0, 0.05) is 25.0 Å². The van der Waals surface area contributed by atoms with Crippen molar-refractivity contribution in [3.8, 4) is 0 Å². The summed E-state index contributed by atoms with van der Waals surface area (Å²) in [5.74, 6) is 0. The van der Waals surface area contributed by atoms with Gasteiger partial charge >= 0.3 is 6.09 Å². The molecule has 0 aromatic rings. The van der Waals surface area contributed by atoms with E-state index >= 15 is 0 Å². The second-order valence-electron chi connectivity index (χ2n) is 4.93. The largest absolute Gasteiger partial charge is 0.465 e. The van der Waals surface area contributed by atoms with Crippen LogP contribution in [0.5, 0.6) is 0 Å². The van der Waals surface area contributed by atoms with Crippen molar-refractivity contribution in [2.45, 2.75) is 31.4 Å². The van der Waals surface area contributed by atoms with Crippen molar-refractivity contribution in [3.63, 3.8) is 0 Å². The summed E-state index contributed by atoms with van der Waals surface area (Å²) in [5.41, 5.74) is -1.82. The number of rotatable bonds is 2. The number of hydrogen-bond donors (Lipinski definition) is 2. The zero-order chi connectivity index (χ0) is 12.5. The first-order valence-corrected chi connectivity index (χ1v) is 5.97. The van der Waals surface area contributed by atoms with Gasteiger partial charge in [-0.2, -0.15) is 0 Å². The molecule has 1 amide bonds. The van der Waals surface area contributed by atoms with Gasteiger partial charge in [-0.3, -0.25) is 4.90 Å². The number of carbonyl (C=O) groups is 1. The molecule has 2 aliphatic heterocycles. The minimum atomic E-state index is -1.36. The van der Waals surface area contributed by atoms with E-state index in [2.05, 4.69) is 6.58 Å². The number of amides is 1. The van der Waals surface area contributed by atoms with Crippen LogP contribution in [0.25, 0.3) is 0 Å². The van der Waals surface area contributed by atoms with Gasteiger partial charge in [0.25, 0.3) is 0 Å². The number of ether oxygens (including phenoxy) is 1. The van der Waals surface area contributed by atoms with Gasteiger partial charge in [0.2, 0.25) is 0 Å². The predicted octanol–water partition coefficient (Wildman–Crippen LogP) is 1.43. The third-order valence-electron chi connectivity index (χ3n) is 4.09. The number of likely N-dealkylation sites (tertiary alicyclic amines) is 1. The topological polar surface area (TPSA) is 70.0 Å². The monoisotopic (exact) mass is 241 g/mol. The van der Waals surface area contributed by atoms with Crippen molar-refractivity contribution in [1.82, 2.24) is 4.90 Å². The zero-order valence-corrected chi connectivity index (χ0v) is 9.89. The van der Waals surface area contributed by atoms with Gasteiger partial charge in [-0.1, -0.05) is 6.08 Å². The Morgan fingerprint density at radius 1 is 1.53 bits per heavy atom. The quantitative estimate of drug-likeness (QED) is 0.717. The Balaban J connectivity index is 2.32. The molecule has 2 heterocycles. The Morgan fingerprint density at radius 3 is 2.82 bits per heavy atom. The van der Waals surface area contributed by atoms with E-state index in [1.165, 1.54) is 0 Å². The number of nitrogens with zero attached hydrogens (tertiary/aromatic N) is 1. The maximum absolute atomic E-state index is 11.2. The maximum atomic E-state index is 11.2. The van der Waals surface area contributed by atoms with Crippen molar-refractivity contribution in [1.29, 1.82) is 0 Å². The smallest absolute Gasteiger partial charge is 0.409 e. The predicted molar refractivity (Wildman–Crippen MR) is 61.6 cm³/mol. The van der Waals surface area contributed by atoms with Crippen LogP contribution in [0.1, 0.15) is 25.7 Å². The van der Waals surface area contributed by atoms with E-state index < -0.39 is 17.2 Å². The molecule has 96 valence electrons. The van der Waals surface area contributed by atoms with Gasteiger partial charge in [0.15, 0.2) is 5.72 Å². The molecule has 2 atom stereocenters. The molecular formula is C12H19NO4. The van der Waals surface area contributed by atoms with Gasteiger partial charge < -0.3 is 14.9 Å². The van der Waals surface area contributed by atoms with E-state index in [4.69, 9.17) is 4.74 Å². The molecule has 2 saturated heterocycles. The highest BCUT2D eigenvalue weighted by atomic mass is 16.5. The average molecular weight is 241 g/mol. The number of hydrogen-bond acceptors (Lipinski definition) is 3. The lowest BCUT2D eigenvalue weighted by molar-refractivity contribution is -0.177. The summed E-state index contributed by atoms with van der Waals surface area (Å²) in [6.45, 7) is 5.11. The van der Waals surface area contributed by atoms with Crippen LogP contribution >= 0.6 is 0 Å². The van der Waals surface area contributed by atoms with Crippen LogP contribution < -0.4 is 0 Å². The van der Waals surface area contributed by atoms with Crippen molar-refractivity contribution < 1.29 is 19.7 Å². The van der Waals surface area contributed by atoms with Gasteiger partial charge in [0.1, 0.15) is 0 Å². The Morgan fingerprint density at radius 2 is 2.29 bits per heavy atom. The summed E-state index contributed by atoms with van der Waals surface area (Å²) in [6, 6.07) is 0. The van der Waals surface area contributed by atoms with E-state index in [9.17, 15) is 15.0 Å². The molecule has 0 saturated carbocycles. The minimum Gasteiger partial charge on any atom is -0.465 e. The molecule has 0 radical (unpaired) electrons. The van der Waals surface area contributed by atoms with Crippen LogP contribution in [0, 0.1) is 5.41 Å². The molecule has 2 rings (SSSR count). The molecule has 2 unspecified atom stereocenters. The highest BCUT2D eigenvalue weighted by molar-refractivity contribution is 5.66. The van der Waals surface area contributed by atoms with Crippen molar-refractivity contribution >= 4 is 6.09 Å². The zero-order valence-electron chi connectivity index (χ0n) is 9.89. The Hall–Kier alpha value is -1.07. The summed E-state index contributed by atoms with van der Waals surface area (Å²) in [6.07, 6.45) is 3.09. The number of carboxylic acid groups (broad SMARTS) is 1. The van der Waals surface area contributed by atoms with Gasteiger partial charge in [-0.15, -0.1) is 6.58 Å². The lowest BCUT2D eigenvalue weighted by Gasteiger charge is -2.46. The average Bonchev–Trinajstić information content (AvgIpc) is 2.55. The normalized spacial score (nSPS) is 37.4. The Bertz CT molecular complexity index is 324. The molecule has 0 aromatic carbocycles. The third kappa shape index (κ3) is 1.73. The van der Waals surface area contributed by atoms with Gasteiger partial charge in [0.05, 0.1) is 6.61 Å². The minimum absolute atomic E-state index is 0.253. The second-order valence-corrected chi connectivity index (χ2v) is 4.93. The first-order valence-electron chi connectivity index (χ1n) is 5.97. The van der Waals surface area contributed by atoms with Crippen LogP contribution in [0.4, 0.5) is 4.79 Å². The fourth-order valence-corrected chi connectivity index (χ4v) is 3.14. The summed E-state index contributed by atoms with van der Waals surface area (Å²) in [7, 11) is 0. The summed E-state index contributed by atoms with van der Waals surface area (Å²) in [5, 5.41) is 20.0. The molecule has 17 heavy (non-hydrogen) atoms. The summed E-state index contributed by atoms with van der Waals surface area (Å²) < 4.78 is 5.46. The summed E-state index contributed by atoms with van der Waals surface area (Å²) in [4.78, 5) is 12.4. The fraction of sp³-hybridized carbons (Fsp3) is 0.750. The van der Waals surface area contributed by atoms with Crippen molar-refractivity contribution in [2.75, 3.05) is 19.8 Å². The van der Waals surface area contributed by atoms with Crippen LogP contribution in [-0.4, -0.2) is 46.7 Å². The number of aliphatic hydroxyl groups is 1. The molecule has 0 aromatic heterocycles. The van der Waals surface area contributed by atoms with E-state index in [1.807, 2.05) is 0 Å². The van der Waals surface area contributed by atoms with Gasteiger partial charge in [-0.25, -0.2) is 4.79 Å². The molecule has 2 aliphatic rings. The maximum Gasteiger partial charge on any atom is 0.409 e. The fourth-order valence-electron chi connectivity index (χ4n) is 3.14. The molecule has 2 N–H and O–H groups in total. The van der Waals surface area contributed by atoms with Gasteiger partial charge in [-0.05, 0) is 19.3 Å². The molecule has 1 spiro atoms. The lowest BCUT2D eigenvalue weighted by atomic mass is 9.72. The van der Waals surface area contributed by atoms with E-state index in [0.717, 1.165) is 17.7 Å².